The van der Waals surface area contributed by atoms with Gasteiger partial charge in [0.15, 0.2) is 0 Å². The lowest BCUT2D eigenvalue weighted by Crippen LogP contribution is -2.07. The summed E-state index contributed by atoms with van der Waals surface area (Å²) in [5.74, 6) is 2.49. The molecule has 4 rings (SSSR count). The molecule has 3 aromatic carbocycles. The van der Waals surface area contributed by atoms with Crippen LogP contribution in [0.2, 0.25) is 0 Å². The number of aryl methyl sites for hydroxylation is 3. The van der Waals surface area contributed by atoms with E-state index in [0.717, 1.165) is 35.6 Å². The third kappa shape index (κ3) is 4.25. The summed E-state index contributed by atoms with van der Waals surface area (Å²) in [6.07, 6.45) is 0.921. The lowest BCUT2D eigenvalue weighted by Gasteiger charge is -2.15. The zero-order valence-corrected chi connectivity index (χ0v) is 18.4. The van der Waals surface area contributed by atoms with Gasteiger partial charge in [0, 0.05) is 12.1 Å². The van der Waals surface area contributed by atoms with Crippen LogP contribution in [0.3, 0.4) is 0 Å². The van der Waals surface area contributed by atoms with Crippen molar-refractivity contribution in [2.24, 2.45) is 0 Å². The van der Waals surface area contributed by atoms with Gasteiger partial charge in [0.25, 0.3) is 0 Å². The summed E-state index contributed by atoms with van der Waals surface area (Å²) < 4.78 is 8.54. The fourth-order valence-corrected chi connectivity index (χ4v) is 3.87. The molecule has 4 aromatic rings. The highest BCUT2D eigenvalue weighted by Crippen LogP contribution is 2.28. The van der Waals surface area contributed by atoms with E-state index in [4.69, 9.17) is 9.72 Å². The molecule has 0 saturated heterocycles. The second-order valence-corrected chi connectivity index (χ2v) is 8.34. The average Bonchev–Trinajstić information content (AvgIpc) is 3.10. The maximum absolute atomic E-state index is 6.22. The third-order valence-electron chi connectivity index (χ3n) is 5.54. The van der Waals surface area contributed by atoms with Crippen molar-refractivity contribution < 1.29 is 4.74 Å². The van der Waals surface area contributed by atoms with Crippen LogP contribution in [-0.2, 0) is 6.54 Å². The fraction of sp³-hybridized carbons (Fsp3) is 0.296. The molecule has 0 bridgehead atoms. The standard InChI is InChI=1S/C27H30N2O/c1-19(2)23-15-12-21(4)18-26(23)30-17-7-16-29-25-9-6-5-8-24(25)28-27(29)22-13-10-20(3)11-14-22/h5-6,8-15,18-19H,7,16-17H2,1-4H3. The number of nitrogens with zero attached hydrogens (tertiary/aromatic N) is 2. The van der Waals surface area contributed by atoms with Crippen molar-refractivity contribution in [3.8, 4) is 17.1 Å². The highest BCUT2D eigenvalue weighted by Gasteiger charge is 2.13. The van der Waals surface area contributed by atoms with Gasteiger partial charge >= 0.3 is 0 Å². The summed E-state index contributed by atoms with van der Waals surface area (Å²) in [5, 5.41) is 0. The van der Waals surface area contributed by atoms with Crippen LogP contribution < -0.4 is 4.74 Å². The van der Waals surface area contributed by atoms with E-state index in [-0.39, 0.29) is 0 Å². The van der Waals surface area contributed by atoms with E-state index in [1.165, 1.54) is 22.2 Å². The number of para-hydroxylation sites is 2. The molecule has 1 heterocycles. The number of ether oxygens (including phenoxy) is 1. The van der Waals surface area contributed by atoms with Gasteiger partial charge in [-0.3, -0.25) is 0 Å². The van der Waals surface area contributed by atoms with Crippen LogP contribution in [0, 0.1) is 13.8 Å². The highest BCUT2D eigenvalue weighted by atomic mass is 16.5. The molecule has 0 N–H and O–H groups in total. The van der Waals surface area contributed by atoms with E-state index in [2.05, 4.69) is 92.9 Å². The van der Waals surface area contributed by atoms with Crippen molar-refractivity contribution in [2.45, 2.75) is 46.6 Å². The topological polar surface area (TPSA) is 27.1 Å². The first-order chi connectivity index (χ1) is 14.5. The molecule has 1 aromatic heterocycles. The molecule has 154 valence electrons. The summed E-state index contributed by atoms with van der Waals surface area (Å²) in [7, 11) is 0. The average molecular weight is 399 g/mol. The first-order valence-corrected chi connectivity index (χ1v) is 10.8. The number of aromatic nitrogens is 2. The Morgan fingerprint density at radius 3 is 2.40 bits per heavy atom. The Labute approximate surface area is 179 Å². The van der Waals surface area contributed by atoms with Crippen molar-refractivity contribution in [3.05, 3.63) is 83.4 Å². The zero-order chi connectivity index (χ0) is 21.1. The largest absolute Gasteiger partial charge is 0.493 e. The van der Waals surface area contributed by atoms with Crippen molar-refractivity contribution >= 4 is 11.0 Å². The molecule has 0 aliphatic carbocycles. The molecule has 0 spiro atoms. The van der Waals surface area contributed by atoms with Gasteiger partial charge in [0.1, 0.15) is 11.6 Å². The third-order valence-corrected chi connectivity index (χ3v) is 5.54. The Kier molecular flexibility index (Phi) is 5.89. The minimum atomic E-state index is 0.450. The van der Waals surface area contributed by atoms with Gasteiger partial charge in [-0.25, -0.2) is 4.98 Å². The number of hydrogen-bond donors (Lipinski definition) is 0. The molecule has 0 atom stereocenters. The molecule has 0 fully saturated rings. The second-order valence-electron chi connectivity index (χ2n) is 8.34. The first kappa shape index (κ1) is 20.2. The number of imidazole rings is 1. The number of fused-ring (bicyclic) bond motifs is 1. The second kappa shape index (κ2) is 8.74. The van der Waals surface area contributed by atoms with E-state index in [1.807, 2.05) is 6.07 Å². The highest BCUT2D eigenvalue weighted by molar-refractivity contribution is 5.80. The Hall–Kier alpha value is -3.07. The Balaban J connectivity index is 1.54. The number of hydrogen-bond acceptors (Lipinski definition) is 2. The Morgan fingerprint density at radius 2 is 1.63 bits per heavy atom. The van der Waals surface area contributed by atoms with E-state index in [9.17, 15) is 0 Å². The van der Waals surface area contributed by atoms with Gasteiger partial charge in [-0.1, -0.05) is 67.9 Å². The van der Waals surface area contributed by atoms with Crippen LogP contribution in [0.1, 0.15) is 42.9 Å². The van der Waals surface area contributed by atoms with Gasteiger partial charge in [0.05, 0.1) is 17.6 Å². The van der Waals surface area contributed by atoms with Gasteiger partial charge in [-0.2, -0.15) is 0 Å². The van der Waals surface area contributed by atoms with Crippen molar-refractivity contribution in [3.63, 3.8) is 0 Å². The van der Waals surface area contributed by atoms with Crippen LogP contribution in [0.25, 0.3) is 22.4 Å². The monoisotopic (exact) mass is 398 g/mol. The molecule has 0 amide bonds. The maximum atomic E-state index is 6.22. The lowest BCUT2D eigenvalue weighted by molar-refractivity contribution is 0.298. The molecule has 30 heavy (non-hydrogen) atoms. The predicted octanol–water partition coefficient (Wildman–Crippen LogP) is 6.91. The fourth-order valence-electron chi connectivity index (χ4n) is 3.87. The minimum absolute atomic E-state index is 0.450. The quantitative estimate of drug-likeness (QED) is 0.316. The SMILES string of the molecule is Cc1ccc(-c2nc3ccccc3n2CCCOc2cc(C)ccc2C(C)C)cc1. The van der Waals surface area contributed by atoms with Gasteiger partial charge in [-0.15, -0.1) is 0 Å². The molecule has 0 unspecified atom stereocenters. The van der Waals surface area contributed by atoms with Gasteiger partial charge < -0.3 is 9.30 Å². The van der Waals surface area contributed by atoms with Gasteiger partial charge in [-0.05, 0) is 55.5 Å². The molecule has 3 heteroatoms. The molecule has 0 aliphatic heterocycles. The summed E-state index contributed by atoms with van der Waals surface area (Å²) in [6.45, 7) is 10.2. The minimum Gasteiger partial charge on any atom is -0.493 e. The van der Waals surface area contributed by atoms with Crippen LogP contribution >= 0.6 is 0 Å². The van der Waals surface area contributed by atoms with Crippen LogP contribution in [0.15, 0.2) is 66.7 Å². The Bertz CT molecular complexity index is 1140. The van der Waals surface area contributed by atoms with E-state index in [0.29, 0.717) is 12.5 Å². The summed E-state index contributed by atoms with van der Waals surface area (Å²) in [4.78, 5) is 4.92. The molecule has 0 saturated carbocycles. The normalized spacial score (nSPS) is 11.4. The molecular weight excluding hydrogens is 368 g/mol. The predicted molar refractivity (Wildman–Crippen MR) is 125 cm³/mol. The lowest BCUT2D eigenvalue weighted by atomic mass is 10.0. The van der Waals surface area contributed by atoms with E-state index >= 15 is 0 Å². The first-order valence-electron chi connectivity index (χ1n) is 10.8. The summed E-state index contributed by atoms with van der Waals surface area (Å²) in [6, 6.07) is 23.5. The van der Waals surface area contributed by atoms with Crippen LogP contribution in [0.5, 0.6) is 5.75 Å². The summed E-state index contributed by atoms with van der Waals surface area (Å²) in [5.41, 5.74) is 7.12. The number of rotatable bonds is 7. The van der Waals surface area contributed by atoms with E-state index < -0.39 is 0 Å². The molecular formula is C27H30N2O. The van der Waals surface area contributed by atoms with Crippen molar-refractivity contribution in [1.82, 2.24) is 9.55 Å². The van der Waals surface area contributed by atoms with Crippen LogP contribution in [0.4, 0.5) is 0 Å². The zero-order valence-electron chi connectivity index (χ0n) is 18.4. The number of benzene rings is 3. The Morgan fingerprint density at radius 1 is 0.900 bits per heavy atom. The maximum Gasteiger partial charge on any atom is 0.141 e. The molecule has 0 radical (unpaired) electrons. The van der Waals surface area contributed by atoms with E-state index in [1.54, 1.807) is 0 Å². The molecule has 3 nitrogen and oxygen atoms in total. The smallest absolute Gasteiger partial charge is 0.141 e. The summed E-state index contributed by atoms with van der Waals surface area (Å²) >= 11 is 0. The van der Waals surface area contributed by atoms with Crippen molar-refractivity contribution in [2.75, 3.05) is 6.61 Å². The van der Waals surface area contributed by atoms with Crippen molar-refractivity contribution in [1.29, 1.82) is 0 Å². The van der Waals surface area contributed by atoms with Crippen LogP contribution in [-0.4, -0.2) is 16.2 Å². The molecule has 0 aliphatic rings. The van der Waals surface area contributed by atoms with Gasteiger partial charge in [0.2, 0.25) is 0 Å².